The minimum atomic E-state index is -0.431. The van der Waals surface area contributed by atoms with E-state index in [1.807, 2.05) is 0 Å². The molecule has 0 radical (unpaired) electrons. The second kappa shape index (κ2) is 6.32. The average Bonchev–Trinajstić information content (AvgIpc) is 2.84. The van der Waals surface area contributed by atoms with Gasteiger partial charge in [-0.25, -0.2) is 0 Å². The van der Waals surface area contributed by atoms with E-state index in [0.717, 1.165) is 19.3 Å². The first-order valence-corrected chi connectivity index (χ1v) is 6.74. The molecule has 2 rings (SSSR count). The summed E-state index contributed by atoms with van der Waals surface area (Å²) in [7, 11) is 0. The fourth-order valence-electron chi connectivity index (χ4n) is 2.54. The maximum absolute atomic E-state index is 11.0. The van der Waals surface area contributed by atoms with Gasteiger partial charge in [0.15, 0.2) is 0 Å². The van der Waals surface area contributed by atoms with Crippen LogP contribution in [-0.2, 0) is 11.3 Å². The van der Waals surface area contributed by atoms with E-state index in [1.165, 1.54) is 6.07 Å². The van der Waals surface area contributed by atoms with E-state index in [0.29, 0.717) is 23.0 Å². The zero-order valence-electron chi connectivity index (χ0n) is 10.5. The van der Waals surface area contributed by atoms with Crippen molar-refractivity contribution >= 4 is 17.3 Å². The predicted molar refractivity (Wildman–Crippen MR) is 73.1 cm³/mol. The molecule has 2 unspecified atom stereocenters. The number of nitrogens with zero attached hydrogens (tertiary/aromatic N) is 1. The standard InChI is InChI=1S/C13H17ClN2O3/c14-11-4-2-5-12(16(17)18)10(11)8-19-13-6-1-3-9(13)7-15/h2,4-5,9,13H,1,3,6-8,15H2. The van der Waals surface area contributed by atoms with Crippen molar-refractivity contribution in [2.24, 2.45) is 11.7 Å². The highest BCUT2D eigenvalue weighted by Gasteiger charge is 2.28. The zero-order chi connectivity index (χ0) is 13.8. The summed E-state index contributed by atoms with van der Waals surface area (Å²) >= 11 is 6.02. The van der Waals surface area contributed by atoms with E-state index in [-0.39, 0.29) is 18.4 Å². The lowest BCUT2D eigenvalue weighted by Crippen LogP contribution is -2.25. The Balaban J connectivity index is 2.09. The van der Waals surface area contributed by atoms with Gasteiger partial charge in [-0.1, -0.05) is 24.1 Å². The first kappa shape index (κ1) is 14.2. The maximum Gasteiger partial charge on any atom is 0.276 e. The molecule has 2 N–H and O–H groups in total. The molecule has 0 heterocycles. The van der Waals surface area contributed by atoms with Gasteiger partial charge in [0.2, 0.25) is 0 Å². The average molecular weight is 285 g/mol. The monoisotopic (exact) mass is 284 g/mol. The summed E-state index contributed by atoms with van der Waals surface area (Å²) in [6.07, 6.45) is 3.20. The largest absolute Gasteiger partial charge is 0.373 e. The number of rotatable bonds is 5. The van der Waals surface area contributed by atoms with Crippen LogP contribution in [0.15, 0.2) is 18.2 Å². The molecule has 2 atom stereocenters. The van der Waals surface area contributed by atoms with Crippen LogP contribution in [0.4, 0.5) is 5.69 Å². The van der Waals surface area contributed by atoms with Crippen molar-refractivity contribution < 1.29 is 9.66 Å². The van der Waals surface area contributed by atoms with E-state index in [9.17, 15) is 10.1 Å². The summed E-state index contributed by atoms with van der Waals surface area (Å²) in [5.41, 5.74) is 6.14. The van der Waals surface area contributed by atoms with Crippen LogP contribution in [0.3, 0.4) is 0 Å². The van der Waals surface area contributed by atoms with Gasteiger partial charge in [-0.05, 0) is 31.4 Å². The first-order valence-electron chi connectivity index (χ1n) is 6.37. The van der Waals surface area contributed by atoms with Gasteiger partial charge in [0.05, 0.1) is 28.2 Å². The molecule has 1 saturated carbocycles. The molecule has 5 nitrogen and oxygen atoms in total. The van der Waals surface area contributed by atoms with Crippen molar-refractivity contribution in [3.8, 4) is 0 Å². The Labute approximate surface area is 116 Å². The van der Waals surface area contributed by atoms with Gasteiger partial charge >= 0.3 is 0 Å². The van der Waals surface area contributed by atoms with Crippen LogP contribution in [-0.4, -0.2) is 17.6 Å². The van der Waals surface area contributed by atoms with Crippen molar-refractivity contribution in [1.29, 1.82) is 0 Å². The Kier molecular flexibility index (Phi) is 4.74. The molecule has 104 valence electrons. The van der Waals surface area contributed by atoms with E-state index in [4.69, 9.17) is 22.1 Å². The second-order valence-electron chi connectivity index (χ2n) is 4.77. The molecule has 1 aliphatic rings. The molecule has 0 spiro atoms. The third-order valence-electron chi connectivity index (χ3n) is 3.62. The number of halogens is 1. The first-order chi connectivity index (χ1) is 9.13. The van der Waals surface area contributed by atoms with Crippen LogP contribution in [0.1, 0.15) is 24.8 Å². The Hall–Kier alpha value is -1.17. The number of hydrogen-bond donors (Lipinski definition) is 1. The van der Waals surface area contributed by atoms with E-state index < -0.39 is 4.92 Å². The second-order valence-corrected chi connectivity index (χ2v) is 5.18. The fraction of sp³-hybridized carbons (Fsp3) is 0.538. The Morgan fingerprint density at radius 2 is 2.26 bits per heavy atom. The van der Waals surface area contributed by atoms with Gasteiger partial charge in [0.1, 0.15) is 0 Å². The summed E-state index contributed by atoms with van der Waals surface area (Å²) in [6.45, 7) is 0.756. The highest BCUT2D eigenvalue weighted by atomic mass is 35.5. The van der Waals surface area contributed by atoms with Crippen LogP contribution in [0, 0.1) is 16.0 Å². The molecule has 0 bridgehead atoms. The lowest BCUT2D eigenvalue weighted by atomic mass is 10.1. The molecule has 0 aromatic heterocycles. The van der Waals surface area contributed by atoms with Crippen molar-refractivity contribution in [3.05, 3.63) is 38.9 Å². The molecule has 1 aliphatic carbocycles. The van der Waals surface area contributed by atoms with Crippen LogP contribution in [0.2, 0.25) is 5.02 Å². The molecule has 0 saturated heterocycles. The zero-order valence-corrected chi connectivity index (χ0v) is 11.3. The highest BCUT2D eigenvalue weighted by Crippen LogP contribution is 2.31. The van der Waals surface area contributed by atoms with Crippen molar-refractivity contribution in [3.63, 3.8) is 0 Å². The van der Waals surface area contributed by atoms with Gasteiger partial charge in [-0.2, -0.15) is 0 Å². The third kappa shape index (κ3) is 3.23. The molecule has 1 aromatic rings. The minimum Gasteiger partial charge on any atom is -0.373 e. The predicted octanol–water partition coefficient (Wildman–Crippen LogP) is 2.89. The number of nitro benzene ring substituents is 1. The minimum absolute atomic E-state index is 0.00907. The number of nitro groups is 1. The van der Waals surface area contributed by atoms with Crippen LogP contribution in [0.25, 0.3) is 0 Å². The topological polar surface area (TPSA) is 78.4 Å². The maximum atomic E-state index is 11.0. The summed E-state index contributed by atoms with van der Waals surface area (Å²) in [4.78, 5) is 10.5. The third-order valence-corrected chi connectivity index (χ3v) is 3.98. The molecule has 19 heavy (non-hydrogen) atoms. The smallest absolute Gasteiger partial charge is 0.276 e. The summed E-state index contributed by atoms with van der Waals surface area (Å²) in [6, 6.07) is 4.66. The van der Waals surface area contributed by atoms with Gasteiger partial charge in [-0.15, -0.1) is 0 Å². The molecule has 0 amide bonds. The summed E-state index contributed by atoms with van der Waals surface area (Å²) < 4.78 is 5.80. The molecular formula is C13H17ClN2O3. The molecule has 0 aliphatic heterocycles. The Morgan fingerprint density at radius 1 is 1.47 bits per heavy atom. The lowest BCUT2D eigenvalue weighted by molar-refractivity contribution is -0.386. The van der Waals surface area contributed by atoms with Gasteiger partial charge in [0.25, 0.3) is 5.69 Å². The molecular weight excluding hydrogens is 268 g/mol. The van der Waals surface area contributed by atoms with Crippen molar-refractivity contribution in [1.82, 2.24) is 0 Å². The van der Waals surface area contributed by atoms with Gasteiger partial charge in [-0.3, -0.25) is 10.1 Å². The lowest BCUT2D eigenvalue weighted by Gasteiger charge is -2.18. The van der Waals surface area contributed by atoms with Gasteiger partial charge < -0.3 is 10.5 Å². The Bertz CT molecular complexity index is 467. The molecule has 1 fully saturated rings. The summed E-state index contributed by atoms with van der Waals surface area (Å²) in [5, 5.41) is 11.3. The van der Waals surface area contributed by atoms with E-state index >= 15 is 0 Å². The molecule has 6 heteroatoms. The van der Waals surface area contributed by atoms with Crippen molar-refractivity contribution in [2.45, 2.75) is 32.0 Å². The van der Waals surface area contributed by atoms with Crippen molar-refractivity contribution in [2.75, 3.05) is 6.54 Å². The quantitative estimate of drug-likeness (QED) is 0.666. The highest BCUT2D eigenvalue weighted by molar-refractivity contribution is 6.31. The molecule has 1 aromatic carbocycles. The number of hydrogen-bond acceptors (Lipinski definition) is 4. The van der Waals surface area contributed by atoms with Crippen LogP contribution in [0.5, 0.6) is 0 Å². The fourth-order valence-corrected chi connectivity index (χ4v) is 2.77. The number of ether oxygens (including phenoxy) is 1. The Morgan fingerprint density at radius 3 is 2.95 bits per heavy atom. The number of nitrogens with two attached hydrogens (primary N) is 1. The van der Waals surface area contributed by atoms with E-state index in [1.54, 1.807) is 12.1 Å². The van der Waals surface area contributed by atoms with Crippen LogP contribution < -0.4 is 5.73 Å². The summed E-state index contributed by atoms with van der Waals surface area (Å²) in [5.74, 6) is 0.349. The van der Waals surface area contributed by atoms with Gasteiger partial charge in [0, 0.05) is 6.07 Å². The van der Waals surface area contributed by atoms with Crippen LogP contribution >= 0.6 is 11.6 Å². The normalized spacial score (nSPS) is 22.6. The SMILES string of the molecule is NCC1CCCC1OCc1c(Cl)cccc1[N+](=O)[O-]. The number of benzene rings is 1. The van der Waals surface area contributed by atoms with E-state index in [2.05, 4.69) is 0 Å².